The molecule has 1 aromatic heterocycles. The first-order valence-electron chi connectivity index (χ1n) is 8.54. The van der Waals surface area contributed by atoms with Crippen LogP contribution in [-0.2, 0) is 17.6 Å². The molecule has 1 aliphatic rings. The summed E-state index contributed by atoms with van der Waals surface area (Å²) in [6.07, 6.45) is 9.37. The molecule has 0 fully saturated rings. The van der Waals surface area contributed by atoms with Gasteiger partial charge in [-0.15, -0.1) is 11.3 Å². The van der Waals surface area contributed by atoms with Crippen LogP contribution in [0.3, 0.4) is 0 Å². The van der Waals surface area contributed by atoms with Crippen molar-refractivity contribution in [3.05, 3.63) is 16.0 Å². The fraction of sp³-hybridized carbons (Fsp3) is 0.667. The Bertz CT molecular complexity index is 556. The molecule has 0 aliphatic heterocycles. The summed E-state index contributed by atoms with van der Waals surface area (Å²) in [4.78, 5) is 13.4. The summed E-state index contributed by atoms with van der Waals surface area (Å²) in [5.74, 6) is 0.786. The van der Waals surface area contributed by atoms with Crippen LogP contribution in [0.15, 0.2) is 0 Å². The molecule has 2 rings (SSSR count). The molecule has 1 aromatic rings. The van der Waals surface area contributed by atoms with Crippen LogP contribution in [0, 0.1) is 17.2 Å². The third kappa shape index (κ3) is 4.10. The van der Waals surface area contributed by atoms with Crippen LogP contribution in [0.1, 0.15) is 74.8 Å². The molecular weight excluding hydrogens is 292 g/mol. The summed E-state index contributed by atoms with van der Waals surface area (Å²) < 4.78 is 0. The number of unbranched alkanes of at least 4 members (excludes halogenated alkanes) is 3. The Morgan fingerprint density at radius 2 is 2.18 bits per heavy atom. The Kier molecular flexibility index (Phi) is 6.45. The molecule has 1 N–H and O–H groups in total. The van der Waals surface area contributed by atoms with Gasteiger partial charge in [0, 0.05) is 11.3 Å². The van der Waals surface area contributed by atoms with Crippen molar-refractivity contribution in [1.82, 2.24) is 0 Å². The Balaban J connectivity index is 2.01. The third-order valence-corrected chi connectivity index (χ3v) is 5.74. The minimum absolute atomic E-state index is 0.0539. The normalized spacial score (nSPS) is 16.9. The standard InChI is InChI=1S/C18H26N2OS/c1-3-5-6-7-8-17(21)20-18-15(12-19)14-10-9-13(4-2)11-16(14)22-18/h13H,3-11H2,1-2H3,(H,20,21). The largest absolute Gasteiger partial charge is 0.317 e. The quantitative estimate of drug-likeness (QED) is 0.716. The molecule has 1 atom stereocenters. The maximum Gasteiger partial charge on any atom is 0.225 e. The van der Waals surface area contributed by atoms with E-state index in [4.69, 9.17) is 0 Å². The van der Waals surface area contributed by atoms with E-state index >= 15 is 0 Å². The summed E-state index contributed by atoms with van der Waals surface area (Å²) in [6, 6.07) is 2.31. The molecule has 22 heavy (non-hydrogen) atoms. The molecule has 0 saturated heterocycles. The van der Waals surface area contributed by atoms with E-state index in [0.717, 1.165) is 42.2 Å². The Morgan fingerprint density at radius 3 is 2.86 bits per heavy atom. The maximum absolute atomic E-state index is 12.1. The molecule has 0 bridgehead atoms. The lowest BCUT2D eigenvalue weighted by molar-refractivity contribution is -0.116. The molecular formula is C18H26N2OS. The van der Waals surface area contributed by atoms with Crippen LogP contribution >= 0.6 is 11.3 Å². The van der Waals surface area contributed by atoms with Gasteiger partial charge in [-0.1, -0.05) is 39.5 Å². The van der Waals surface area contributed by atoms with Crippen molar-refractivity contribution in [1.29, 1.82) is 5.26 Å². The Labute approximate surface area is 137 Å². The lowest BCUT2D eigenvalue weighted by atomic mass is 9.86. The van der Waals surface area contributed by atoms with Crippen molar-refractivity contribution in [3.63, 3.8) is 0 Å². The van der Waals surface area contributed by atoms with Crippen molar-refractivity contribution < 1.29 is 4.79 Å². The molecule has 0 saturated carbocycles. The number of nitriles is 1. The zero-order valence-electron chi connectivity index (χ0n) is 13.7. The van der Waals surface area contributed by atoms with Gasteiger partial charge in [0.1, 0.15) is 11.1 Å². The lowest BCUT2D eigenvalue weighted by Crippen LogP contribution is -2.12. The van der Waals surface area contributed by atoms with E-state index < -0.39 is 0 Å². The number of carbonyl (C=O) groups is 1. The zero-order valence-corrected chi connectivity index (χ0v) is 14.5. The van der Waals surface area contributed by atoms with Crippen LogP contribution in [0.4, 0.5) is 5.00 Å². The van der Waals surface area contributed by atoms with Crippen LogP contribution in [0.2, 0.25) is 0 Å². The molecule has 1 unspecified atom stereocenters. The highest BCUT2D eigenvalue weighted by Gasteiger charge is 2.25. The summed E-state index contributed by atoms with van der Waals surface area (Å²) in [5, 5.41) is 13.2. The average Bonchev–Trinajstić information content (AvgIpc) is 2.87. The predicted molar refractivity (Wildman–Crippen MR) is 92.2 cm³/mol. The highest BCUT2D eigenvalue weighted by molar-refractivity contribution is 7.16. The number of rotatable bonds is 7. The Hall–Kier alpha value is -1.34. The first-order valence-corrected chi connectivity index (χ1v) is 9.35. The number of nitrogens with one attached hydrogen (secondary N) is 1. The fourth-order valence-corrected chi connectivity index (χ4v) is 4.44. The second kappa shape index (κ2) is 8.33. The highest BCUT2D eigenvalue weighted by atomic mass is 32.1. The van der Waals surface area contributed by atoms with Gasteiger partial charge in [0.15, 0.2) is 0 Å². The minimum atomic E-state index is 0.0539. The molecule has 1 amide bonds. The van der Waals surface area contributed by atoms with Crippen LogP contribution in [-0.4, -0.2) is 5.91 Å². The minimum Gasteiger partial charge on any atom is -0.317 e. The van der Waals surface area contributed by atoms with Gasteiger partial charge in [0.05, 0.1) is 5.56 Å². The number of hydrogen-bond donors (Lipinski definition) is 1. The molecule has 0 spiro atoms. The van der Waals surface area contributed by atoms with Gasteiger partial charge < -0.3 is 5.32 Å². The number of fused-ring (bicyclic) bond motifs is 1. The van der Waals surface area contributed by atoms with E-state index in [2.05, 4.69) is 25.2 Å². The van der Waals surface area contributed by atoms with Crippen molar-refractivity contribution in [2.45, 2.75) is 71.6 Å². The van der Waals surface area contributed by atoms with Gasteiger partial charge in [-0.2, -0.15) is 5.26 Å². The second-order valence-corrected chi connectivity index (χ2v) is 7.30. The summed E-state index contributed by atoms with van der Waals surface area (Å²) in [5.41, 5.74) is 1.91. The van der Waals surface area contributed by atoms with E-state index in [1.54, 1.807) is 11.3 Å². The van der Waals surface area contributed by atoms with Gasteiger partial charge in [-0.05, 0) is 37.2 Å². The van der Waals surface area contributed by atoms with Crippen molar-refractivity contribution in [2.75, 3.05) is 5.32 Å². The topological polar surface area (TPSA) is 52.9 Å². The summed E-state index contributed by atoms with van der Waals surface area (Å²) in [7, 11) is 0. The van der Waals surface area contributed by atoms with Crippen LogP contribution in [0.5, 0.6) is 0 Å². The molecule has 1 aliphatic carbocycles. The maximum atomic E-state index is 12.1. The number of carbonyl (C=O) groups excluding carboxylic acids is 1. The number of thiophene rings is 1. The number of nitrogens with zero attached hydrogens (tertiary/aromatic N) is 1. The van der Waals surface area contributed by atoms with E-state index in [1.807, 2.05) is 0 Å². The SMILES string of the molecule is CCCCCCC(=O)Nc1sc2c(c1C#N)CCC(CC)C2. The number of hydrogen-bond acceptors (Lipinski definition) is 3. The molecule has 4 heteroatoms. The van der Waals surface area contributed by atoms with Crippen LogP contribution in [0.25, 0.3) is 0 Å². The first kappa shape index (κ1) is 17.0. The van der Waals surface area contributed by atoms with Crippen molar-refractivity contribution in [2.24, 2.45) is 5.92 Å². The highest BCUT2D eigenvalue weighted by Crippen LogP contribution is 2.40. The smallest absolute Gasteiger partial charge is 0.225 e. The third-order valence-electron chi connectivity index (χ3n) is 4.57. The van der Waals surface area contributed by atoms with Gasteiger partial charge >= 0.3 is 0 Å². The van der Waals surface area contributed by atoms with Crippen LogP contribution < -0.4 is 5.32 Å². The lowest BCUT2D eigenvalue weighted by Gasteiger charge is -2.20. The summed E-state index contributed by atoms with van der Waals surface area (Å²) >= 11 is 1.62. The van der Waals surface area contributed by atoms with E-state index in [0.29, 0.717) is 6.42 Å². The molecule has 0 aromatic carbocycles. The van der Waals surface area contributed by atoms with E-state index in [9.17, 15) is 10.1 Å². The van der Waals surface area contributed by atoms with Crippen molar-refractivity contribution >= 4 is 22.2 Å². The molecule has 1 heterocycles. The number of anilines is 1. The van der Waals surface area contributed by atoms with Gasteiger partial charge in [0.2, 0.25) is 5.91 Å². The predicted octanol–water partition coefficient (Wildman–Crippen LogP) is 5.04. The molecule has 3 nitrogen and oxygen atoms in total. The van der Waals surface area contributed by atoms with E-state index in [1.165, 1.54) is 36.1 Å². The molecule has 120 valence electrons. The second-order valence-electron chi connectivity index (χ2n) is 6.20. The van der Waals surface area contributed by atoms with Gasteiger partial charge in [-0.25, -0.2) is 0 Å². The zero-order chi connectivity index (χ0) is 15.9. The Morgan fingerprint density at radius 1 is 1.36 bits per heavy atom. The van der Waals surface area contributed by atoms with Gasteiger partial charge in [0.25, 0.3) is 0 Å². The summed E-state index contributed by atoms with van der Waals surface area (Å²) in [6.45, 7) is 4.40. The molecule has 0 radical (unpaired) electrons. The first-order chi connectivity index (χ1) is 10.7. The number of amides is 1. The average molecular weight is 318 g/mol. The van der Waals surface area contributed by atoms with Gasteiger partial charge in [-0.3, -0.25) is 4.79 Å². The monoisotopic (exact) mass is 318 g/mol. The fourth-order valence-electron chi connectivity index (χ4n) is 3.11. The van der Waals surface area contributed by atoms with Crippen molar-refractivity contribution in [3.8, 4) is 6.07 Å². The van der Waals surface area contributed by atoms with E-state index in [-0.39, 0.29) is 5.91 Å².